The summed E-state index contributed by atoms with van der Waals surface area (Å²) in [6.07, 6.45) is -4.36. The Morgan fingerprint density at radius 2 is 1.90 bits per heavy atom. The molecule has 0 aromatic heterocycles. The molecule has 1 aromatic carbocycles. The highest BCUT2D eigenvalue weighted by molar-refractivity contribution is 5.75. The molecule has 20 heavy (non-hydrogen) atoms. The summed E-state index contributed by atoms with van der Waals surface area (Å²) in [6, 6.07) is 4.65. The molecule has 2 N–H and O–H groups in total. The predicted molar refractivity (Wildman–Crippen MR) is 62.7 cm³/mol. The number of nitrogens with two attached hydrogens (primary N) is 1. The van der Waals surface area contributed by atoms with Gasteiger partial charge in [-0.3, -0.25) is 4.79 Å². The molecule has 0 aliphatic carbocycles. The van der Waals surface area contributed by atoms with E-state index in [2.05, 4.69) is 15.0 Å². The highest BCUT2D eigenvalue weighted by atomic mass is 19.4. The monoisotopic (exact) mass is 287 g/mol. The van der Waals surface area contributed by atoms with Gasteiger partial charge in [-0.05, 0) is 12.0 Å². The normalized spacial score (nSPS) is 17.6. The van der Waals surface area contributed by atoms with Crippen LogP contribution in [0.15, 0.2) is 34.5 Å². The molecule has 0 saturated carbocycles. The second-order valence-corrected chi connectivity index (χ2v) is 4.40. The fourth-order valence-electron chi connectivity index (χ4n) is 1.80. The summed E-state index contributed by atoms with van der Waals surface area (Å²) in [5.41, 5.74) is 3.73. The number of alkyl halides is 3. The molecule has 0 saturated heterocycles. The van der Waals surface area contributed by atoms with Gasteiger partial charge in [0.15, 0.2) is 0 Å². The average Bonchev–Trinajstić information content (AvgIpc) is 3.19. The molecule has 1 atom stereocenters. The summed E-state index contributed by atoms with van der Waals surface area (Å²) in [5, 5.41) is 6.22. The minimum absolute atomic E-state index is 0.0552. The summed E-state index contributed by atoms with van der Waals surface area (Å²) in [6.45, 7) is 0. The third-order valence-corrected chi connectivity index (χ3v) is 3.01. The smallest absolute Gasteiger partial charge is 0.442 e. The van der Waals surface area contributed by atoms with Crippen molar-refractivity contribution in [2.75, 3.05) is 7.11 Å². The van der Waals surface area contributed by atoms with Crippen LogP contribution in [0.4, 0.5) is 13.2 Å². The van der Waals surface area contributed by atoms with Crippen molar-refractivity contribution in [3.05, 3.63) is 35.4 Å². The van der Waals surface area contributed by atoms with E-state index in [1.165, 1.54) is 31.4 Å². The van der Waals surface area contributed by atoms with Crippen LogP contribution in [0.5, 0.6) is 0 Å². The lowest BCUT2D eigenvalue weighted by Gasteiger charge is -2.15. The molecule has 108 valence electrons. The molecule has 0 bridgehead atoms. The summed E-state index contributed by atoms with van der Waals surface area (Å²) >= 11 is 0. The second-order valence-electron chi connectivity index (χ2n) is 4.40. The van der Waals surface area contributed by atoms with E-state index >= 15 is 0 Å². The van der Waals surface area contributed by atoms with Gasteiger partial charge >= 0.3 is 17.8 Å². The highest BCUT2D eigenvalue weighted by Crippen LogP contribution is 2.52. The third kappa shape index (κ3) is 2.51. The van der Waals surface area contributed by atoms with Crippen molar-refractivity contribution in [2.24, 2.45) is 16.0 Å². The van der Waals surface area contributed by atoms with Gasteiger partial charge in [0, 0.05) is 5.56 Å². The first-order chi connectivity index (χ1) is 9.30. The zero-order valence-corrected chi connectivity index (χ0v) is 10.5. The SMILES string of the molecule is COC(=O)C(N)Cc1ccc(C2(C(F)(F)F)N=N2)cc1. The number of esters is 1. The molecule has 1 aromatic rings. The van der Waals surface area contributed by atoms with Crippen molar-refractivity contribution in [3.63, 3.8) is 0 Å². The molecular formula is C12H12F3N3O2. The Labute approximate surface area is 112 Å². The molecule has 0 fully saturated rings. The van der Waals surface area contributed by atoms with Crippen LogP contribution in [0.3, 0.4) is 0 Å². The lowest BCUT2D eigenvalue weighted by atomic mass is 9.99. The van der Waals surface area contributed by atoms with Gasteiger partial charge < -0.3 is 10.5 Å². The summed E-state index contributed by atoms with van der Waals surface area (Å²) < 4.78 is 42.8. The van der Waals surface area contributed by atoms with Crippen LogP contribution < -0.4 is 5.73 Å². The van der Waals surface area contributed by atoms with Gasteiger partial charge in [0.1, 0.15) is 6.04 Å². The van der Waals surface area contributed by atoms with Crippen molar-refractivity contribution in [2.45, 2.75) is 24.3 Å². The van der Waals surface area contributed by atoms with E-state index in [4.69, 9.17) is 5.73 Å². The molecule has 2 rings (SSSR count). The molecule has 0 spiro atoms. The molecular weight excluding hydrogens is 275 g/mol. The molecule has 0 amide bonds. The van der Waals surface area contributed by atoms with Crippen LogP contribution >= 0.6 is 0 Å². The van der Waals surface area contributed by atoms with Crippen LogP contribution in [0, 0.1) is 0 Å². The van der Waals surface area contributed by atoms with Gasteiger partial charge in [0.25, 0.3) is 0 Å². The summed E-state index contributed by atoms with van der Waals surface area (Å²) in [4.78, 5) is 11.2. The van der Waals surface area contributed by atoms with Crippen LogP contribution in [0.1, 0.15) is 11.1 Å². The Balaban J connectivity index is 2.10. The first-order valence-corrected chi connectivity index (χ1v) is 5.74. The quantitative estimate of drug-likeness (QED) is 0.859. The van der Waals surface area contributed by atoms with E-state index in [9.17, 15) is 18.0 Å². The first kappa shape index (κ1) is 14.4. The fourth-order valence-corrected chi connectivity index (χ4v) is 1.80. The maximum absolute atomic E-state index is 12.8. The van der Waals surface area contributed by atoms with Crippen LogP contribution in [0.25, 0.3) is 0 Å². The molecule has 1 aliphatic rings. The Kier molecular flexibility index (Phi) is 3.51. The maximum Gasteiger partial charge on any atom is 0.442 e. The molecule has 1 heterocycles. The first-order valence-electron chi connectivity index (χ1n) is 5.74. The lowest BCUT2D eigenvalue weighted by molar-refractivity contribution is -0.166. The van der Waals surface area contributed by atoms with Crippen LogP contribution in [0.2, 0.25) is 0 Å². The van der Waals surface area contributed by atoms with Gasteiger partial charge in [-0.1, -0.05) is 24.3 Å². The highest BCUT2D eigenvalue weighted by Gasteiger charge is 2.65. The molecule has 1 aliphatic heterocycles. The van der Waals surface area contributed by atoms with E-state index in [0.29, 0.717) is 5.56 Å². The minimum atomic E-state index is -4.54. The number of carbonyl (C=O) groups excluding carboxylic acids is 1. The molecule has 0 radical (unpaired) electrons. The number of benzene rings is 1. The number of carbonyl (C=O) groups is 1. The van der Waals surface area contributed by atoms with Gasteiger partial charge in [-0.25, -0.2) is 0 Å². The number of methoxy groups -OCH3 is 1. The Hall–Kier alpha value is -1.96. The molecule has 5 nitrogen and oxygen atoms in total. The van der Waals surface area contributed by atoms with Crippen molar-refractivity contribution >= 4 is 5.97 Å². The van der Waals surface area contributed by atoms with E-state index in [-0.39, 0.29) is 12.0 Å². The van der Waals surface area contributed by atoms with Crippen molar-refractivity contribution in [1.29, 1.82) is 0 Å². The summed E-state index contributed by atoms with van der Waals surface area (Å²) in [7, 11) is 1.22. The van der Waals surface area contributed by atoms with Gasteiger partial charge in [-0.2, -0.15) is 13.2 Å². The van der Waals surface area contributed by atoms with Gasteiger partial charge in [0.05, 0.1) is 7.11 Å². The predicted octanol–water partition coefficient (Wildman–Crippen LogP) is 1.91. The second kappa shape index (κ2) is 4.86. The van der Waals surface area contributed by atoms with Gasteiger partial charge in [-0.15, -0.1) is 10.2 Å². The number of ether oxygens (including phenoxy) is 1. The molecule has 8 heteroatoms. The fraction of sp³-hybridized carbons (Fsp3) is 0.417. The standard InChI is InChI=1S/C12H12F3N3O2/c1-20-10(19)9(16)6-7-2-4-8(5-3-7)11(17-18-11)12(13,14)15/h2-5,9H,6,16H2,1H3. The van der Waals surface area contributed by atoms with E-state index < -0.39 is 23.9 Å². The Morgan fingerprint density at radius 1 is 1.35 bits per heavy atom. The van der Waals surface area contributed by atoms with Crippen molar-refractivity contribution in [3.8, 4) is 0 Å². The maximum atomic E-state index is 12.8. The number of halogens is 3. The largest absolute Gasteiger partial charge is 0.468 e. The third-order valence-electron chi connectivity index (χ3n) is 3.01. The molecule has 1 unspecified atom stereocenters. The van der Waals surface area contributed by atoms with E-state index in [0.717, 1.165) is 0 Å². The Bertz CT molecular complexity index is 534. The number of hydrogen-bond donors (Lipinski definition) is 1. The van der Waals surface area contributed by atoms with Gasteiger partial charge in [0.2, 0.25) is 0 Å². The van der Waals surface area contributed by atoms with E-state index in [1.54, 1.807) is 0 Å². The Morgan fingerprint density at radius 3 is 2.30 bits per heavy atom. The van der Waals surface area contributed by atoms with E-state index in [1.807, 2.05) is 0 Å². The zero-order chi connectivity index (χ0) is 15.0. The topological polar surface area (TPSA) is 77.0 Å². The van der Waals surface area contributed by atoms with Crippen LogP contribution in [-0.4, -0.2) is 25.3 Å². The van der Waals surface area contributed by atoms with Crippen molar-refractivity contribution in [1.82, 2.24) is 0 Å². The average molecular weight is 287 g/mol. The minimum Gasteiger partial charge on any atom is -0.468 e. The lowest BCUT2D eigenvalue weighted by Crippen LogP contribution is -2.33. The van der Waals surface area contributed by atoms with Crippen molar-refractivity contribution < 1.29 is 22.7 Å². The van der Waals surface area contributed by atoms with Crippen LogP contribution in [-0.2, 0) is 21.6 Å². The zero-order valence-electron chi connectivity index (χ0n) is 10.5. The summed E-state index contributed by atoms with van der Waals surface area (Å²) in [5.74, 6) is -0.576. The number of hydrogen-bond acceptors (Lipinski definition) is 5. The number of nitrogens with zero attached hydrogens (tertiary/aromatic N) is 2. The number of rotatable bonds is 4.